The second kappa shape index (κ2) is 6.53. The highest BCUT2D eigenvalue weighted by atomic mass is 16.6. The molecule has 26 heavy (non-hydrogen) atoms. The molecule has 1 saturated carbocycles. The molecular formula is C20H21NO5. The number of amides is 1. The number of nitrogens with two attached hydrogens (primary N) is 1. The number of rotatable bonds is 5. The molecule has 2 fully saturated rings. The van der Waals surface area contributed by atoms with Crippen molar-refractivity contribution >= 4 is 6.09 Å². The van der Waals surface area contributed by atoms with Crippen molar-refractivity contribution in [2.75, 3.05) is 13.2 Å². The van der Waals surface area contributed by atoms with Crippen molar-refractivity contribution in [3.8, 4) is 11.5 Å². The average molecular weight is 355 g/mol. The van der Waals surface area contributed by atoms with Gasteiger partial charge < -0.3 is 25.1 Å². The van der Waals surface area contributed by atoms with Crippen LogP contribution in [0.25, 0.3) is 0 Å². The van der Waals surface area contributed by atoms with Gasteiger partial charge in [-0.2, -0.15) is 0 Å². The molecule has 0 unspecified atom stereocenters. The van der Waals surface area contributed by atoms with Crippen molar-refractivity contribution in [2.24, 2.45) is 5.73 Å². The molecule has 4 rings (SSSR count). The number of benzene rings is 2. The fourth-order valence-electron chi connectivity index (χ4n) is 3.51. The number of carbonyl (C=O) groups excluding carboxylic acids is 1. The zero-order valence-electron chi connectivity index (χ0n) is 14.3. The fourth-order valence-corrected chi connectivity index (χ4v) is 3.51. The number of hydrogen-bond donors (Lipinski definition) is 2. The Kier molecular flexibility index (Phi) is 4.20. The van der Waals surface area contributed by atoms with E-state index in [0.29, 0.717) is 26.1 Å². The number of aromatic hydroxyl groups is 1. The predicted octanol–water partition coefficient (Wildman–Crippen LogP) is 2.71. The second-order valence-corrected chi connectivity index (χ2v) is 6.92. The molecule has 6 nitrogen and oxygen atoms in total. The highest BCUT2D eigenvalue weighted by molar-refractivity contribution is 5.64. The molecule has 2 aliphatic rings. The minimum absolute atomic E-state index is 0.0447. The third-order valence-corrected chi connectivity index (χ3v) is 5.16. The van der Waals surface area contributed by atoms with Gasteiger partial charge in [0.05, 0.1) is 18.6 Å². The fraction of sp³-hybridized carbons (Fsp3) is 0.350. The zero-order valence-corrected chi connectivity index (χ0v) is 14.3. The van der Waals surface area contributed by atoms with E-state index in [1.807, 2.05) is 24.3 Å². The largest absolute Gasteiger partial charge is 0.508 e. The van der Waals surface area contributed by atoms with Gasteiger partial charge in [-0.25, -0.2) is 4.79 Å². The Bertz CT molecular complexity index is 777. The van der Waals surface area contributed by atoms with Gasteiger partial charge in [0.15, 0.2) is 0 Å². The standard InChI is InChI=1S/C20H21NO5/c21-19(23)26-18-9-17(10-18)25-16-7-3-14(4-8-16)20(11-24-12-20)13-1-5-15(22)6-2-13/h1-8,17-18,22H,9-12H2,(H2,21,23)/t17-,18-. The van der Waals surface area contributed by atoms with E-state index in [2.05, 4.69) is 12.1 Å². The van der Waals surface area contributed by atoms with Crippen LogP contribution in [0.15, 0.2) is 48.5 Å². The maximum Gasteiger partial charge on any atom is 0.404 e. The van der Waals surface area contributed by atoms with Gasteiger partial charge >= 0.3 is 6.09 Å². The molecule has 1 aliphatic heterocycles. The Morgan fingerprint density at radius 2 is 1.58 bits per heavy atom. The first-order chi connectivity index (χ1) is 12.5. The van der Waals surface area contributed by atoms with Crippen LogP contribution in [-0.2, 0) is 14.9 Å². The number of phenols is 1. The Morgan fingerprint density at radius 1 is 1.00 bits per heavy atom. The molecule has 0 aromatic heterocycles. The predicted molar refractivity (Wildman–Crippen MR) is 94.3 cm³/mol. The Hall–Kier alpha value is -2.73. The van der Waals surface area contributed by atoms with E-state index in [1.54, 1.807) is 12.1 Å². The number of ether oxygens (including phenoxy) is 3. The van der Waals surface area contributed by atoms with Gasteiger partial charge in [0.2, 0.25) is 0 Å². The lowest BCUT2D eigenvalue weighted by Gasteiger charge is -2.42. The molecule has 1 aliphatic carbocycles. The molecular weight excluding hydrogens is 334 g/mol. The Labute approximate surface area is 151 Å². The summed E-state index contributed by atoms with van der Waals surface area (Å²) in [5.41, 5.74) is 7.11. The number of primary amides is 1. The summed E-state index contributed by atoms with van der Waals surface area (Å²) in [5, 5.41) is 9.52. The molecule has 0 spiro atoms. The molecule has 0 radical (unpaired) electrons. The van der Waals surface area contributed by atoms with Crippen molar-refractivity contribution in [3.05, 3.63) is 59.7 Å². The molecule has 6 heteroatoms. The molecule has 0 atom stereocenters. The Balaban J connectivity index is 1.42. The lowest BCUT2D eigenvalue weighted by molar-refractivity contribution is -0.0381. The first kappa shape index (κ1) is 16.7. The summed E-state index contributed by atoms with van der Waals surface area (Å²) >= 11 is 0. The van der Waals surface area contributed by atoms with E-state index in [9.17, 15) is 9.90 Å². The highest BCUT2D eigenvalue weighted by Gasteiger charge is 2.42. The van der Waals surface area contributed by atoms with E-state index in [0.717, 1.165) is 16.9 Å². The maximum atomic E-state index is 10.7. The number of hydrogen-bond acceptors (Lipinski definition) is 5. The van der Waals surface area contributed by atoms with Crippen LogP contribution >= 0.6 is 0 Å². The van der Waals surface area contributed by atoms with Gasteiger partial charge in [-0.3, -0.25) is 0 Å². The van der Waals surface area contributed by atoms with Gasteiger partial charge in [0.1, 0.15) is 23.7 Å². The Morgan fingerprint density at radius 3 is 2.08 bits per heavy atom. The molecule has 136 valence electrons. The van der Waals surface area contributed by atoms with Crippen molar-refractivity contribution in [3.63, 3.8) is 0 Å². The van der Waals surface area contributed by atoms with Crippen LogP contribution in [0.1, 0.15) is 24.0 Å². The van der Waals surface area contributed by atoms with Crippen molar-refractivity contribution in [1.82, 2.24) is 0 Å². The molecule has 1 amide bonds. The lowest BCUT2D eigenvalue weighted by Crippen LogP contribution is -2.47. The molecule has 1 heterocycles. The van der Waals surface area contributed by atoms with E-state index < -0.39 is 6.09 Å². The van der Waals surface area contributed by atoms with Crippen LogP contribution in [0.5, 0.6) is 11.5 Å². The van der Waals surface area contributed by atoms with Gasteiger partial charge in [-0.05, 0) is 35.4 Å². The van der Waals surface area contributed by atoms with Crippen LogP contribution < -0.4 is 10.5 Å². The topological polar surface area (TPSA) is 91.0 Å². The van der Waals surface area contributed by atoms with Crippen LogP contribution in [0.4, 0.5) is 4.79 Å². The van der Waals surface area contributed by atoms with Crippen LogP contribution in [0.2, 0.25) is 0 Å². The van der Waals surface area contributed by atoms with Gasteiger partial charge in [-0.15, -0.1) is 0 Å². The van der Waals surface area contributed by atoms with Crippen LogP contribution in [0.3, 0.4) is 0 Å². The minimum atomic E-state index is -0.736. The van der Waals surface area contributed by atoms with Gasteiger partial charge in [0, 0.05) is 12.8 Å². The summed E-state index contributed by atoms with van der Waals surface area (Å²) in [7, 11) is 0. The van der Waals surface area contributed by atoms with Crippen molar-refractivity contribution in [1.29, 1.82) is 0 Å². The van der Waals surface area contributed by atoms with E-state index >= 15 is 0 Å². The van der Waals surface area contributed by atoms with E-state index in [1.165, 1.54) is 0 Å². The summed E-state index contributed by atoms with van der Waals surface area (Å²) < 4.78 is 16.3. The van der Waals surface area contributed by atoms with Crippen LogP contribution in [0, 0.1) is 0 Å². The molecule has 3 N–H and O–H groups in total. The first-order valence-electron chi connectivity index (χ1n) is 8.66. The summed E-state index contributed by atoms with van der Waals surface area (Å²) in [6, 6.07) is 15.3. The minimum Gasteiger partial charge on any atom is -0.508 e. The molecule has 1 saturated heterocycles. The summed E-state index contributed by atoms with van der Waals surface area (Å²) in [5.74, 6) is 1.05. The molecule has 0 bridgehead atoms. The van der Waals surface area contributed by atoms with Crippen LogP contribution in [-0.4, -0.2) is 36.6 Å². The maximum absolute atomic E-state index is 10.7. The smallest absolute Gasteiger partial charge is 0.404 e. The lowest BCUT2D eigenvalue weighted by atomic mass is 9.73. The van der Waals surface area contributed by atoms with Crippen molar-refractivity contribution in [2.45, 2.75) is 30.5 Å². The summed E-state index contributed by atoms with van der Waals surface area (Å²) in [4.78, 5) is 10.7. The monoisotopic (exact) mass is 355 g/mol. The van der Waals surface area contributed by atoms with E-state index in [4.69, 9.17) is 19.9 Å². The quantitative estimate of drug-likeness (QED) is 0.860. The van der Waals surface area contributed by atoms with Crippen molar-refractivity contribution < 1.29 is 24.1 Å². The summed E-state index contributed by atoms with van der Waals surface area (Å²) in [6.45, 7) is 1.24. The normalized spacial score (nSPS) is 23.4. The second-order valence-electron chi connectivity index (χ2n) is 6.92. The highest BCUT2D eigenvalue weighted by Crippen LogP contribution is 2.40. The van der Waals surface area contributed by atoms with Gasteiger partial charge in [0.25, 0.3) is 0 Å². The number of phenolic OH excluding ortho intramolecular Hbond substituents is 1. The average Bonchev–Trinajstić information content (AvgIpc) is 2.54. The summed E-state index contributed by atoms with van der Waals surface area (Å²) in [6.07, 6.45) is 0.497. The molecule has 2 aromatic rings. The SMILES string of the molecule is NC(=O)O[C@H]1C[C@H](Oc2ccc(C3(c4ccc(O)cc4)COC3)cc2)C1. The van der Waals surface area contributed by atoms with E-state index in [-0.39, 0.29) is 23.4 Å². The third kappa shape index (κ3) is 3.08. The third-order valence-electron chi connectivity index (χ3n) is 5.16. The molecule has 2 aromatic carbocycles. The zero-order chi connectivity index (χ0) is 18.1. The first-order valence-corrected chi connectivity index (χ1v) is 8.66. The number of carbonyl (C=O) groups is 1. The van der Waals surface area contributed by atoms with Gasteiger partial charge in [-0.1, -0.05) is 24.3 Å².